The van der Waals surface area contributed by atoms with Crippen molar-refractivity contribution in [1.29, 1.82) is 0 Å². The van der Waals surface area contributed by atoms with Gasteiger partial charge in [0, 0.05) is 6.61 Å². The lowest BCUT2D eigenvalue weighted by Gasteiger charge is -2.43. The molecular weight excluding hydrogens is 343 g/mol. The lowest BCUT2D eigenvalue weighted by atomic mass is 10.2. The van der Waals surface area contributed by atoms with Crippen LogP contribution >= 0.6 is 7.60 Å². The van der Waals surface area contributed by atoms with Crippen LogP contribution < -0.4 is 0 Å². The molecule has 0 aromatic rings. The molecule has 0 spiro atoms. The van der Waals surface area contributed by atoms with Crippen LogP contribution in [0.3, 0.4) is 0 Å². The Hall–Kier alpha value is 0.544. The summed E-state index contributed by atoms with van der Waals surface area (Å²) in [6.07, 6.45) is 0.944. The third kappa shape index (κ3) is 7.12. The first kappa shape index (κ1) is 23.5. The second kappa shape index (κ2) is 7.84. The monoisotopic (exact) mass is 382 g/mol. The van der Waals surface area contributed by atoms with Crippen molar-refractivity contribution in [2.24, 2.45) is 0 Å². The van der Waals surface area contributed by atoms with Crippen LogP contribution in [0.5, 0.6) is 0 Å². The van der Waals surface area contributed by atoms with Crippen LogP contribution in [-0.2, 0) is 17.7 Å². The molecule has 0 aliphatic rings. The molecule has 0 heterocycles. The van der Waals surface area contributed by atoms with Crippen LogP contribution in [0.2, 0.25) is 36.3 Å². The Balaban J connectivity index is 5.47. The van der Waals surface area contributed by atoms with Crippen LogP contribution in [0, 0.1) is 0 Å². The highest BCUT2D eigenvalue weighted by Gasteiger charge is 2.48. The van der Waals surface area contributed by atoms with Gasteiger partial charge < -0.3 is 13.2 Å². The van der Waals surface area contributed by atoms with E-state index in [9.17, 15) is 4.57 Å². The van der Waals surface area contributed by atoms with Gasteiger partial charge in [-0.1, -0.05) is 48.5 Å². The van der Waals surface area contributed by atoms with E-state index < -0.39 is 24.2 Å². The summed E-state index contributed by atoms with van der Waals surface area (Å²) < 4.78 is 31.6. The van der Waals surface area contributed by atoms with Gasteiger partial charge in [0.2, 0.25) is 16.6 Å². The summed E-state index contributed by atoms with van der Waals surface area (Å²) in [6, 6.07) is 0. The van der Waals surface area contributed by atoms with Crippen molar-refractivity contribution < 1.29 is 17.7 Å². The Bertz CT molecular complexity index is 391. The predicted molar refractivity (Wildman–Crippen MR) is 105 cm³/mol. The van der Waals surface area contributed by atoms with Gasteiger partial charge in [0.05, 0.1) is 0 Å². The quantitative estimate of drug-likeness (QED) is 0.269. The highest BCUT2D eigenvalue weighted by Crippen LogP contribution is 2.59. The zero-order chi connectivity index (χ0) is 18.7. The van der Waals surface area contributed by atoms with Crippen LogP contribution in [0.25, 0.3) is 0 Å². The summed E-state index contributed by atoms with van der Waals surface area (Å²) >= 11 is 0. The molecule has 7 heteroatoms. The Morgan fingerprint density at radius 2 is 1.17 bits per heavy atom. The highest BCUT2D eigenvalue weighted by atomic mass is 31.2. The predicted octanol–water partition coefficient (Wildman–Crippen LogP) is 6.61. The van der Waals surface area contributed by atoms with E-state index in [1.807, 2.05) is 6.92 Å². The molecule has 0 rings (SSSR count). The zero-order valence-electron chi connectivity index (χ0n) is 17.2. The topological polar surface area (TPSA) is 44.8 Å². The number of ether oxygens (including phenoxy) is 1. The normalized spacial score (nSPS) is 15.1. The number of rotatable bonds is 8. The standard InChI is InChI=1S/C16H39O4PSi2/c1-12-13-18-14-21(17,19-22(8,9)15(2,3)4)20-23(10,11)16(5,6)7/h12-14H2,1-11H3. The third-order valence-electron chi connectivity index (χ3n) is 4.94. The van der Waals surface area contributed by atoms with Gasteiger partial charge in [0.25, 0.3) is 0 Å². The summed E-state index contributed by atoms with van der Waals surface area (Å²) in [5.41, 5.74) is 0. The minimum absolute atomic E-state index is 0.0236. The van der Waals surface area contributed by atoms with Gasteiger partial charge in [-0.15, -0.1) is 0 Å². The summed E-state index contributed by atoms with van der Waals surface area (Å²) in [7, 11) is -7.69. The second-order valence-electron chi connectivity index (χ2n) is 9.35. The molecule has 0 unspecified atom stereocenters. The molecule has 23 heavy (non-hydrogen) atoms. The number of hydrogen-bond acceptors (Lipinski definition) is 4. The molecule has 0 N–H and O–H groups in total. The molecule has 0 radical (unpaired) electrons. The SMILES string of the molecule is CCCOCP(=O)(O[Si](C)(C)C(C)(C)C)O[Si](C)(C)C(C)(C)C. The van der Waals surface area contributed by atoms with Crippen molar-refractivity contribution in [3.05, 3.63) is 0 Å². The molecule has 0 aromatic heterocycles. The first-order valence-corrected chi connectivity index (χ1v) is 16.1. The minimum atomic E-state index is -3.28. The van der Waals surface area contributed by atoms with E-state index in [-0.39, 0.29) is 16.4 Å². The first-order chi connectivity index (χ1) is 9.97. The maximum atomic E-state index is 13.5. The fourth-order valence-corrected chi connectivity index (χ4v) is 10.4. The average molecular weight is 383 g/mol. The summed E-state index contributed by atoms with van der Waals surface area (Å²) in [4.78, 5) is 0. The lowest BCUT2D eigenvalue weighted by Crippen LogP contribution is -2.44. The molecule has 0 aliphatic heterocycles. The van der Waals surface area contributed by atoms with Crippen LogP contribution in [0.4, 0.5) is 0 Å². The minimum Gasteiger partial charge on any atom is -0.369 e. The molecule has 0 saturated heterocycles. The first-order valence-electron chi connectivity index (χ1n) is 8.56. The van der Waals surface area contributed by atoms with E-state index in [1.54, 1.807) is 0 Å². The summed E-state index contributed by atoms with van der Waals surface area (Å²) in [5, 5.41) is -0.0472. The largest absolute Gasteiger partial charge is 0.369 e. The van der Waals surface area contributed by atoms with Gasteiger partial charge in [-0.05, 0) is 42.7 Å². The summed E-state index contributed by atoms with van der Waals surface area (Å²) in [6.45, 7) is 23.9. The van der Waals surface area contributed by atoms with E-state index in [0.717, 1.165) is 6.42 Å². The molecule has 0 aromatic carbocycles. The average Bonchev–Trinajstić information content (AvgIpc) is 2.23. The molecule has 0 fully saturated rings. The second-order valence-corrected chi connectivity index (χ2v) is 21.3. The van der Waals surface area contributed by atoms with Crippen LogP contribution in [0.1, 0.15) is 54.9 Å². The molecule has 0 atom stereocenters. The molecule has 0 aliphatic carbocycles. The molecule has 0 saturated carbocycles. The van der Waals surface area contributed by atoms with Gasteiger partial charge in [-0.2, -0.15) is 0 Å². The van der Waals surface area contributed by atoms with Crippen LogP contribution in [-0.4, -0.2) is 29.6 Å². The van der Waals surface area contributed by atoms with Crippen molar-refractivity contribution in [2.75, 3.05) is 13.0 Å². The Morgan fingerprint density at radius 3 is 1.43 bits per heavy atom. The zero-order valence-corrected chi connectivity index (χ0v) is 20.1. The molecule has 4 nitrogen and oxygen atoms in total. The number of hydrogen-bond donors (Lipinski definition) is 0. The van der Waals surface area contributed by atoms with Crippen molar-refractivity contribution in [3.8, 4) is 0 Å². The van der Waals surface area contributed by atoms with Crippen molar-refractivity contribution in [2.45, 2.75) is 91.2 Å². The van der Waals surface area contributed by atoms with Gasteiger partial charge in [0.15, 0.2) is 0 Å². The van der Waals surface area contributed by atoms with Gasteiger partial charge in [-0.3, -0.25) is 4.57 Å². The fraction of sp³-hybridized carbons (Fsp3) is 1.00. The van der Waals surface area contributed by atoms with E-state index in [0.29, 0.717) is 6.61 Å². The van der Waals surface area contributed by atoms with Gasteiger partial charge in [0.1, 0.15) is 6.35 Å². The van der Waals surface area contributed by atoms with E-state index in [4.69, 9.17) is 13.2 Å². The third-order valence-corrected chi connectivity index (χ3v) is 18.5. The Kier molecular flexibility index (Phi) is 8.02. The van der Waals surface area contributed by atoms with Gasteiger partial charge >= 0.3 is 7.60 Å². The Morgan fingerprint density at radius 1 is 0.826 bits per heavy atom. The maximum absolute atomic E-state index is 13.5. The maximum Gasteiger partial charge on any atom is 0.336 e. The summed E-state index contributed by atoms with van der Waals surface area (Å²) in [5.74, 6) is 0. The molecule has 0 amide bonds. The van der Waals surface area contributed by atoms with E-state index in [1.165, 1.54) is 0 Å². The molecule has 140 valence electrons. The van der Waals surface area contributed by atoms with Crippen molar-refractivity contribution in [1.82, 2.24) is 0 Å². The van der Waals surface area contributed by atoms with Gasteiger partial charge in [-0.25, -0.2) is 0 Å². The van der Waals surface area contributed by atoms with Crippen molar-refractivity contribution in [3.63, 3.8) is 0 Å². The lowest BCUT2D eigenvalue weighted by molar-refractivity contribution is 0.158. The van der Waals surface area contributed by atoms with Crippen LogP contribution in [0.15, 0.2) is 0 Å². The fourth-order valence-electron chi connectivity index (χ4n) is 1.36. The smallest absolute Gasteiger partial charge is 0.336 e. The molecular formula is C16H39O4PSi2. The highest BCUT2D eigenvalue weighted by molar-refractivity contribution is 7.57. The van der Waals surface area contributed by atoms with Crippen molar-refractivity contribution >= 4 is 24.2 Å². The Labute approximate surface area is 146 Å². The molecule has 0 bridgehead atoms. The van der Waals surface area contributed by atoms with E-state index >= 15 is 0 Å². The van der Waals surface area contributed by atoms with E-state index in [2.05, 4.69) is 67.7 Å².